The van der Waals surface area contributed by atoms with E-state index in [1.165, 1.54) is 154 Å². The van der Waals surface area contributed by atoms with Gasteiger partial charge in [-0.25, -0.2) is 0 Å². The first kappa shape index (κ1) is 58.4. The van der Waals surface area contributed by atoms with Crippen LogP contribution in [0.15, 0.2) is 48.6 Å². The minimum absolute atomic E-state index is 0.0981. The van der Waals surface area contributed by atoms with Gasteiger partial charge in [0.1, 0.15) is 13.2 Å². The number of rotatable bonds is 47. The Balaban J connectivity index is 4.27. The molecular weight excluding hydrogens is 757 g/mol. The lowest BCUT2D eigenvalue weighted by atomic mass is 10.0. The molecule has 0 radical (unpaired) electrons. The Kier molecular flexibility index (Phi) is 47.9. The Morgan fingerprint density at radius 2 is 0.639 bits per heavy atom. The number of hydrogen-bond acceptors (Lipinski definition) is 6. The third-order valence-corrected chi connectivity index (χ3v) is 11.4. The predicted molar refractivity (Wildman–Crippen MR) is 261 cm³/mol. The van der Waals surface area contributed by atoms with E-state index in [4.69, 9.17) is 14.2 Å². The second kappa shape index (κ2) is 50.0. The standard InChI is InChI=1S/C55H98O6/c1-4-7-10-13-16-19-21-23-24-25-26-27-28-29-30-32-33-36-39-42-45-48-54(57)60-51-52(50-59-53(56)47-44-41-38-35-18-15-12-9-6-3)61-55(58)49-46-43-40-37-34-31-22-20-17-14-11-8-5-2/h8,11,17,20,31,34,40,43,52H,4-7,9-10,12-16,18-19,21-30,32-33,35-39,41-42,44-51H2,1-3H3/b11-8-,20-17-,34-31-,43-40-. The van der Waals surface area contributed by atoms with Crippen LogP contribution in [0.5, 0.6) is 0 Å². The Hall–Kier alpha value is -2.63. The van der Waals surface area contributed by atoms with Crippen molar-refractivity contribution in [3.8, 4) is 0 Å². The zero-order valence-corrected chi connectivity index (χ0v) is 40.4. The van der Waals surface area contributed by atoms with Gasteiger partial charge in [0, 0.05) is 19.3 Å². The monoisotopic (exact) mass is 855 g/mol. The lowest BCUT2D eigenvalue weighted by molar-refractivity contribution is -0.166. The maximum Gasteiger partial charge on any atom is 0.306 e. The molecule has 0 aromatic carbocycles. The highest BCUT2D eigenvalue weighted by Crippen LogP contribution is 2.16. The normalized spacial score (nSPS) is 12.4. The zero-order valence-electron chi connectivity index (χ0n) is 40.4. The zero-order chi connectivity index (χ0) is 44.4. The van der Waals surface area contributed by atoms with Crippen molar-refractivity contribution in [3.63, 3.8) is 0 Å². The van der Waals surface area contributed by atoms with Crippen molar-refractivity contribution in [1.29, 1.82) is 0 Å². The number of esters is 3. The van der Waals surface area contributed by atoms with Crippen LogP contribution in [0.3, 0.4) is 0 Å². The third-order valence-electron chi connectivity index (χ3n) is 11.4. The molecule has 354 valence electrons. The lowest BCUT2D eigenvalue weighted by Crippen LogP contribution is -2.30. The molecule has 0 aromatic rings. The van der Waals surface area contributed by atoms with E-state index < -0.39 is 6.10 Å². The van der Waals surface area contributed by atoms with Gasteiger partial charge in [0.2, 0.25) is 0 Å². The molecule has 0 aromatic heterocycles. The molecule has 0 saturated carbocycles. The quantitative estimate of drug-likeness (QED) is 0.0263. The van der Waals surface area contributed by atoms with Crippen molar-refractivity contribution in [2.24, 2.45) is 0 Å². The van der Waals surface area contributed by atoms with Gasteiger partial charge < -0.3 is 14.2 Å². The van der Waals surface area contributed by atoms with E-state index in [0.717, 1.165) is 64.2 Å². The number of allylic oxidation sites excluding steroid dienone is 8. The third kappa shape index (κ3) is 48.3. The Morgan fingerprint density at radius 3 is 0.967 bits per heavy atom. The molecule has 0 amide bonds. The SMILES string of the molecule is CC/C=C\C/C=C\C/C=C\C/C=C\CCC(=O)OC(COC(=O)CCCCCCCCCCC)COC(=O)CCCCCCCCCCCCCCCCCCCCCCC. The summed E-state index contributed by atoms with van der Waals surface area (Å²) in [6.45, 7) is 6.46. The highest BCUT2D eigenvalue weighted by atomic mass is 16.6. The minimum Gasteiger partial charge on any atom is -0.462 e. The molecule has 6 nitrogen and oxygen atoms in total. The van der Waals surface area contributed by atoms with Crippen LogP contribution in [-0.2, 0) is 28.6 Å². The largest absolute Gasteiger partial charge is 0.462 e. The molecule has 0 aliphatic rings. The summed E-state index contributed by atoms with van der Waals surface area (Å²) in [6.07, 6.45) is 59.9. The van der Waals surface area contributed by atoms with Gasteiger partial charge in [0.25, 0.3) is 0 Å². The molecule has 0 aliphatic heterocycles. The van der Waals surface area contributed by atoms with Crippen LogP contribution in [0, 0.1) is 0 Å². The van der Waals surface area contributed by atoms with Crippen LogP contribution in [0.1, 0.15) is 265 Å². The Morgan fingerprint density at radius 1 is 0.344 bits per heavy atom. The summed E-state index contributed by atoms with van der Waals surface area (Å²) >= 11 is 0. The smallest absolute Gasteiger partial charge is 0.306 e. The van der Waals surface area contributed by atoms with Crippen molar-refractivity contribution in [2.75, 3.05) is 13.2 Å². The molecule has 0 aliphatic carbocycles. The van der Waals surface area contributed by atoms with E-state index in [9.17, 15) is 14.4 Å². The molecule has 0 saturated heterocycles. The fourth-order valence-corrected chi connectivity index (χ4v) is 7.46. The summed E-state index contributed by atoms with van der Waals surface area (Å²) in [5.41, 5.74) is 0. The van der Waals surface area contributed by atoms with Gasteiger partial charge in [-0.3, -0.25) is 14.4 Å². The Bertz CT molecular complexity index is 1070. The van der Waals surface area contributed by atoms with Gasteiger partial charge in [-0.2, -0.15) is 0 Å². The first-order chi connectivity index (χ1) is 30.0. The van der Waals surface area contributed by atoms with E-state index in [0.29, 0.717) is 19.3 Å². The molecule has 0 spiro atoms. The van der Waals surface area contributed by atoms with E-state index in [1.807, 2.05) is 12.2 Å². The lowest BCUT2D eigenvalue weighted by Gasteiger charge is -2.18. The van der Waals surface area contributed by atoms with E-state index >= 15 is 0 Å². The van der Waals surface area contributed by atoms with Gasteiger partial charge in [0.15, 0.2) is 6.10 Å². The molecule has 0 heterocycles. The number of carbonyl (C=O) groups excluding carboxylic acids is 3. The summed E-state index contributed by atoms with van der Waals surface area (Å²) in [4.78, 5) is 37.8. The second-order valence-corrected chi connectivity index (χ2v) is 17.4. The maximum absolute atomic E-state index is 12.7. The number of hydrogen-bond donors (Lipinski definition) is 0. The minimum atomic E-state index is -0.805. The topological polar surface area (TPSA) is 78.9 Å². The molecule has 0 rings (SSSR count). The molecule has 0 N–H and O–H groups in total. The number of carbonyl (C=O) groups is 3. The van der Waals surface area contributed by atoms with Crippen molar-refractivity contribution < 1.29 is 28.6 Å². The van der Waals surface area contributed by atoms with Crippen molar-refractivity contribution in [1.82, 2.24) is 0 Å². The van der Waals surface area contributed by atoms with Crippen molar-refractivity contribution in [3.05, 3.63) is 48.6 Å². The molecule has 0 fully saturated rings. The van der Waals surface area contributed by atoms with Gasteiger partial charge in [-0.1, -0.05) is 249 Å². The van der Waals surface area contributed by atoms with Gasteiger partial charge in [0.05, 0.1) is 0 Å². The number of ether oxygens (including phenoxy) is 3. The van der Waals surface area contributed by atoms with E-state index in [1.54, 1.807) is 0 Å². The van der Waals surface area contributed by atoms with Crippen LogP contribution in [0.25, 0.3) is 0 Å². The fraction of sp³-hybridized carbons (Fsp3) is 0.800. The average Bonchev–Trinajstić information content (AvgIpc) is 3.26. The first-order valence-corrected chi connectivity index (χ1v) is 26.1. The van der Waals surface area contributed by atoms with Gasteiger partial charge >= 0.3 is 17.9 Å². The number of unbranched alkanes of at least 4 members (excludes halogenated alkanes) is 28. The molecule has 6 heteroatoms. The molecule has 61 heavy (non-hydrogen) atoms. The summed E-state index contributed by atoms with van der Waals surface area (Å²) < 4.78 is 16.7. The van der Waals surface area contributed by atoms with Crippen molar-refractivity contribution in [2.45, 2.75) is 271 Å². The van der Waals surface area contributed by atoms with Crippen LogP contribution in [0.4, 0.5) is 0 Å². The van der Waals surface area contributed by atoms with E-state index in [-0.39, 0.29) is 37.5 Å². The van der Waals surface area contributed by atoms with Crippen LogP contribution < -0.4 is 0 Å². The van der Waals surface area contributed by atoms with Gasteiger partial charge in [-0.15, -0.1) is 0 Å². The van der Waals surface area contributed by atoms with Gasteiger partial charge in [-0.05, 0) is 44.9 Å². The fourth-order valence-electron chi connectivity index (χ4n) is 7.46. The highest BCUT2D eigenvalue weighted by molar-refractivity contribution is 5.71. The first-order valence-electron chi connectivity index (χ1n) is 26.1. The summed E-state index contributed by atoms with van der Waals surface area (Å²) in [5.74, 6) is -0.975. The predicted octanol–water partition coefficient (Wildman–Crippen LogP) is 17.1. The van der Waals surface area contributed by atoms with Crippen LogP contribution in [-0.4, -0.2) is 37.2 Å². The summed E-state index contributed by atoms with van der Waals surface area (Å²) in [5, 5.41) is 0. The summed E-state index contributed by atoms with van der Waals surface area (Å²) in [6, 6.07) is 0. The molecule has 0 bridgehead atoms. The molecule has 1 unspecified atom stereocenters. The second-order valence-electron chi connectivity index (χ2n) is 17.4. The van der Waals surface area contributed by atoms with Crippen LogP contribution >= 0.6 is 0 Å². The maximum atomic E-state index is 12.7. The van der Waals surface area contributed by atoms with E-state index in [2.05, 4.69) is 57.2 Å². The summed E-state index contributed by atoms with van der Waals surface area (Å²) in [7, 11) is 0. The molecule has 1 atom stereocenters. The van der Waals surface area contributed by atoms with Crippen LogP contribution in [0.2, 0.25) is 0 Å². The van der Waals surface area contributed by atoms with Crippen molar-refractivity contribution >= 4 is 17.9 Å². The highest BCUT2D eigenvalue weighted by Gasteiger charge is 2.19. The average molecular weight is 855 g/mol. The Labute approximate surface area is 378 Å². The molecular formula is C55H98O6.